The fourth-order valence-corrected chi connectivity index (χ4v) is 3.15. The number of fused-ring (bicyclic) bond motifs is 1. The highest BCUT2D eigenvalue weighted by atomic mass is 16.6. The van der Waals surface area contributed by atoms with Crippen LogP contribution < -0.4 is 11.1 Å². The Morgan fingerprint density at radius 2 is 2.19 bits per heavy atom. The van der Waals surface area contributed by atoms with E-state index in [4.69, 9.17) is 10.5 Å². The van der Waals surface area contributed by atoms with Gasteiger partial charge >= 0.3 is 0 Å². The van der Waals surface area contributed by atoms with Crippen LogP contribution >= 0.6 is 0 Å². The number of carbonyl (C=O) groups excluding carboxylic acids is 1. The van der Waals surface area contributed by atoms with Crippen LogP contribution in [0.2, 0.25) is 0 Å². The second-order valence-electron chi connectivity index (χ2n) is 6.34. The van der Waals surface area contributed by atoms with E-state index in [0.29, 0.717) is 43.0 Å². The van der Waals surface area contributed by atoms with Crippen LogP contribution in [0.3, 0.4) is 0 Å². The number of nitrogens with one attached hydrogen (secondary N) is 1. The van der Waals surface area contributed by atoms with E-state index in [1.807, 2.05) is 11.9 Å². The summed E-state index contributed by atoms with van der Waals surface area (Å²) in [5.41, 5.74) is 6.70. The van der Waals surface area contributed by atoms with Gasteiger partial charge in [0, 0.05) is 19.6 Å². The number of ether oxygens (including phenoxy) is 1. The molecule has 0 saturated carbocycles. The largest absolute Gasteiger partial charge is 0.387 e. The molecule has 4 atom stereocenters. The van der Waals surface area contributed by atoms with Crippen molar-refractivity contribution in [2.75, 3.05) is 32.4 Å². The maximum Gasteiger partial charge on any atom is 0.207 e. The van der Waals surface area contributed by atoms with E-state index in [0.717, 1.165) is 0 Å². The number of aliphatic hydroxyl groups excluding tert-OH is 2. The molecule has 3 rings (SSSR count). The number of aliphatic hydroxyl groups is 2. The lowest BCUT2D eigenvalue weighted by molar-refractivity contribution is -0.109. The summed E-state index contributed by atoms with van der Waals surface area (Å²) >= 11 is 0. The number of likely N-dealkylation sites (N-methyl/N-ethyl adjacent to an activating group) is 1. The third kappa shape index (κ3) is 3.33. The van der Waals surface area contributed by atoms with Gasteiger partial charge in [0.2, 0.25) is 6.41 Å². The normalized spacial score (nSPS) is 25.9. The van der Waals surface area contributed by atoms with Gasteiger partial charge in [-0.05, 0) is 14.0 Å². The lowest BCUT2D eigenvalue weighted by atomic mass is 10.1. The zero-order valence-electron chi connectivity index (χ0n) is 14.6. The molecule has 1 amide bonds. The van der Waals surface area contributed by atoms with Gasteiger partial charge in [-0.1, -0.05) is 0 Å². The maximum atomic E-state index is 10.5. The Hall–Kier alpha value is -2.34. The Morgan fingerprint density at radius 1 is 1.42 bits per heavy atom. The van der Waals surface area contributed by atoms with Gasteiger partial charge in [0.05, 0.1) is 0 Å². The van der Waals surface area contributed by atoms with Gasteiger partial charge in [0.1, 0.15) is 30.5 Å². The highest BCUT2D eigenvalue weighted by molar-refractivity contribution is 5.81. The van der Waals surface area contributed by atoms with Crippen LogP contribution in [0.5, 0.6) is 0 Å². The molecular formula is C15H23N7O4. The first-order chi connectivity index (χ1) is 12.4. The molecule has 3 heterocycles. The molecule has 5 N–H and O–H groups in total. The van der Waals surface area contributed by atoms with Gasteiger partial charge in [-0.2, -0.15) is 0 Å². The molecule has 2 unspecified atom stereocenters. The molecule has 0 spiro atoms. The van der Waals surface area contributed by atoms with Crippen molar-refractivity contribution in [1.82, 2.24) is 29.7 Å². The standard InChI is InChI=1S/C15H23N7O4/c1-8-20-10-13(16)18-6-19-14(10)22(8)15-12(25)11(24)9(26-15)5-21(2)4-3-17-7-23/h6-7,9,11-12,15,24-25H,3-5H2,1-2H3,(H,17,23)(H2,16,18,19)/t9-,11?,12?,15-/m1/s1. The topological polar surface area (TPSA) is 152 Å². The van der Waals surface area contributed by atoms with Gasteiger partial charge in [0.15, 0.2) is 23.2 Å². The quantitative estimate of drug-likeness (QED) is 0.323. The lowest BCUT2D eigenvalue weighted by Gasteiger charge is -2.22. The van der Waals surface area contributed by atoms with E-state index >= 15 is 0 Å². The van der Waals surface area contributed by atoms with Gasteiger partial charge in [-0.15, -0.1) is 0 Å². The molecular weight excluding hydrogens is 342 g/mol. The predicted molar refractivity (Wildman–Crippen MR) is 92.0 cm³/mol. The molecule has 26 heavy (non-hydrogen) atoms. The van der Waals surface area contributed by atoms with E-state index in [-0.39, 0.29) is 5.82 Å². The molecule has 0 bridgehead atoms. The van der Waals surface area contributed by atoms with Crippen molar-refractivity contribution < 1.29 is 19.7 Å². The minimum absolute atomic E-state index is 0.240. The number of nitrogens with zero attached hydrogens (tertiary/aromatic N) is 5. The summed E-state index contributed by atoms with van der Waals surface area (Å²) in [7, 11) is 1.84. The highest BCUT2D eigenvalue weighted by Crippen LogP contribution is 2.33. The lowest BCUT2D eigenvalue weighted by Crippen LogP contribution is -2.40. The van der Waals surface area contributed by atoms with E-state index in [1.54, 1.807) is 11.5 Å². The Balaban J connectivity index is 1.79. The predicted octanol–water partition coefficient (Wildman–Crippen LogP) is -1.99. The van der Waals surface area contributed by atoms with Crippen molar-refractivity contribution >= 4 is 23.4 Å². The van der Waals surface area contributed by atoms with Crippen LogP contribution in [0, 0.1) is 6.92 Å². The third-order valence-corrected chi connectivity index (χ3v) is 4.49. The Morgan fingerprint density at radius 3 is 2.92 bits per heavy atom. The Kier molecular flexibility index (Phi) is 5.32. The van der Waals surface area contributed by atoms with Gasteiger partial charge in [-0.3, -0.25) is 9.36 Å². The summed E-state index contributed by atoms with van der Waals surface area (Å²) in [6.45, 7) is 3.20. The molecule has 2 aromatic rings. The third-order valence-electron chi connectivity index (χ3n) is 4.49. The number of amides is 1. The second-order valence-corrected chi connectivity index (χ2v) is 6.34. The molecule has 0 aliphatic carbocycles. The first-order valence-electron chi connectivity index (χ1n) is 8.26. The van der Waals surface area contributed by atoms with Crippen molar-refractivity contribution in [2.45, 2.75) is 31.5 Å². The monoisotopic (exact) mass is 365 g/mol. The zero-order valence-corrected chi connectivity index (χ0v) is 14.6. The van der Waals surface area contributed by atoms with Crippen molar-refractivity contribution in [3.63, 3.8) is 0 Å². The molecule has 142 valence electrons. The summed E-state index contributed by atoms with van der Waals surface area (Å²) in [5.74, 6) is 0.788. The van der Waals surface area contributed by atoms with E-state index in [1.165, 1.54) is 6.33 Å². The van der Waals surface area contributed by atoms with Gasteiger partial charge in [-0.25, -0.2) is 15.0 Å². The number of aryl methyl sites for hydroxylation is 1. The molecule has 0 aromatic carbocycles. The number of carbonyl (C=O) groups is 1. The summed E-state index contributed by atoms with van der Waals surface area (Å²) in [6.07, 6.45) is -1.71. The van der Waals surface area contributed by atoms with Crippen LogP contribution in [0.1, 0.15) is 12.1 Å². The number of nitrogen functional groups attached to an aromatic ring is 1. The molecule has 1 aliphatic heterocycles. The molecule has 11 nitrogen and oxygen atoms in total. The number of nitrogens with two attached hydrogens (primary N) is 1. The van der Waals surface area contributed by atoms with E-state index < -0.39 is 24.5 Å². The second kappa shape index (κ2) is 7.50. The zero-order chi connectivity index (χ0) is 18.8. The van der Waals surface area contributed by atoms with Crippen LogP contribution in [0.25, 0.3) is 11.2 Å². The summed E-state index contributed by atoms with van der Waals surface area (Å²) in [6, 6.07) is 0. The Labute approximate surface area is 149 Å². The minimum Gasteiger partial charge on any atom is -0.387 e. The first-order valence-corrected chi connectivity index (χ1v) is 8.26. The average Bonchev–Trinajstić information content (AvgIpc) is 3.07. The summed E-state index contributed by atoms with van der Waals surface area (Å²) < 4.78 is 7.55. The molecule has 2 aromatic heterocycles. The van der Waals surface area contributed by atoms with Crippen molar-refractivity contribution in [3.8, 4) is 0 Å². The smallest absolute Gasteiger partial charge is 0.207 e. The number of hydrogen-bond donors (Lipinski definition) is 4. The van der Waals surface area contributed by atoms with Gasteiger partial charge in [0.25, 0.3) is 0 Å². The van der Waals surface area contributed by atoms with Crippen molar-refractivity contribution in [2.24, 2.45) is 0 Å². The molecule has 1 aliphatic rings. The number of rotatable bonds is 7. The number of anilines is 1. The van der Waals surface area contributed by atoms with Crippen LogP contribution in [-0.4, -0.2) is 86.0 Å². The molecule has 1 saturated heterocycles. The fourth-order valence-electron chi connectivity index (χ4n) is 3.15. The fraction of sp³-hybridized carbons (Fsp3) is 0.600. The Bertz CT molecular complexity index is 783. The summed E-state index contributed by atoms with van der Waals surface area (Å²) in [4.78, 5) is 24.7. The number of imidazole rings is 1. The minimum atomic E-state index is -1.14. The molecule has 0 radical (unpaired) electrons. The number of aromatic nitrogens is 4. The van der Waals surface area contributed by atoms with Gasteiger partial charge < -0.3 is 30.9 Å². The van der Waals surface area contributed by atoms with Crippen LogP contribution in [0.4, 0.5) is 5.82 Å². The van der Waals surface area contributed by atoms with E-state index in [2.05, 4.69) is 20.3 Å². The van der Waals surface area contributed by atoms with E-state index in [9.17, 15) is 15.0 Å². The molecule has 1 fully saturated rings. The van der Waals surface area contributed by atoms with Crippen LogP contribution in [-0.2, 0) is 9.53 Å². The average molecular weight is 365 g/mol. The highest BCUT2D eigenvalue weighted by Gasteiger charge is 2.45. The maximum absolute atomic E-state index is 10.5. The summed E-state index contributed by atoms with van der Waals surface area (Å²) in [5, 5.41) is 23.5. The number of hydrogen-bond acceptors (Lipinski definition) is 9. The van der Waals surface area contributed by atoms with Crippen molar-refractivity contribution in [1.29, 1.82) is 0 Å². The molecule has 11 heteroatoms. The first kappa shape index (κ1) is 18.5. The van der Waals surface area contributed by atoms with Crippen LogP contribution in [0.15, 0.2) is 6.33 Å². The SMILES string of the molecule is Cc1nc2c(N)ncnc2n1[C@@H]1O[C@H](CN(C)CCNC=O)C(O)C1O. The van der Waals surface area contributed by atoms with Crippen molar-refractivity contribution in [3.05, 3.63) is 12.2 Å².